The van der Waals surface area contributed by atoms with Gasteiger partial charge in [0, 0.05) is 0 Å². The SMILES string of the molecule is C[Si](Cl)(Cl)C(F)(Cl)Cl. The van der Waals surface area contributed by atoms with Gasteiger partial charge in [-0.3, -0.25) is 0 Å². The van der Waals surface area contributed by atoms with Crippen LogP contribution in [0.15, 0.2) is 0 Å². The van der Waals surface area contributed by atoms with Crippen LogP contribution in [0.4, 0.5) is 4.39 Å². The Morgan fingerprint density at radius 1 is 1.38 bits per heavy atom. The summed E-state index contributed by atoms with van der Waals surface area (Å²) in [6.07, 6.45) is 0. The van der Waals surface area contributed by atoms with Gasteiger partial charge in [-0.15, -0.1) is 22.2 Å². The Hall–Kier alpha value is 1.31. The Morgan fingerprint density at radius 3 is 1.50 bits per heavy atom. The van der Waals surface area contributed by atoms with Crippen molar-refractivity contribution in [1.82, 2.24) is 0 Å². The van der Waals surface area contributed by atoms with Crippen molar-refractivity contribution < 1.29 is 4.39 Å². The van der Waals surface area contributed by atoms with Crippen molar-refractivity contribution in [2.24, 2.45) is 0 Å². The first kappa shape index (κ1) is 9.31. The zero-order valence-electron chi connectivity index (χ0n) is 3.89. The van der Waals surface area contributed by atoms with Crippen LogP contribution in [0, 0.1) is 0 Å². The van der Waals surface area contributed by atoms with Crippen LogP contribution in [0.2, 0.25) is 6.55 Å². The molecular formula is C2H3Cl4FSi. The monoisotopic (exact) mass is 214 g/mol. The van der Waals surface area contributed by atoms with Crippen molar-refractivity contribution >= 4 is 52.1 Å². The maximum atomic E-state index is 12.2. The fourth-order valence-corrected chi connectivity index (χ4v) is 0. The molecule has 0 spiro atoms. The standard InChI is InChI=1S/C2H3Cl4FSi/c1-8(5,6)2(3,4)7/h1H3. The fraction of sp³-hybridized carbons (Fsp3) is 1.00. The summed E-state index contributed by atoms with van der Waals surface area (Å²) in [6, 6.07) is 0. The molecule has 0 aromatic rings. The van der Waals surface area contributed by atoms with Crippen LogP contribution < -0.4 is 0 Å². The molecule has 0 N–H and O–H groups in total. The molecule has 0 amide bonds. The molecule has 0 fully saturated rings. The summed E-state index contributed by atoms with van der Waals surface area (Å²) in [5, 5.41) is 0. The number of hydrogen-bond acceptors (Lipinski definition) is 0. The molecule has 6 heteroatoms. The quantitative estimate of drug-likeness (QED) is 0.358. The smallest absolute Gasteiger partial charge is 0.210 e. The number of alkyl halides is 3. The molecule has 0 radical (unpaired) electrons. The largest absolute Gasteiger partial charge is 0.322 e. The Morgan fingerprint density at radius 2 is 1.50 bits per heavy atom. The van der Waals surface area contributed by atoms with E-state index in [-0.39, 0.29) is 0 Å². The Balaban J connectivity index is 4.02. The highest BCUT2D eigenvalue weighted by Gasteiger charge is 2.47. The van der Waals surface area contributed by atoms with E-state index in [2.05, 4.69) is 0 Å². The van der Waals surface area contributed by atoms with Gasteiger partial charge < -0.3 is 0 Å². The summed E-state index contributed by atoms with van der Waals surface area (Å²) in [5.41, 5.74) is 0. The molecule has 0 aromatic heterocycles. The van der Waals surface area contributed by atoms with Crippen LogP contribution in [0.5, 0.6) is 0 Å². The molecule has 0 aliphatic heterocycles. The van der Waals surface area contributed by atoms with Crippen molar-refractivity contribution in [1.29, 1.82) is 0 Å². The molecule has 0 heterocycles. The van der Waals surface area contributed by atoms with Gasteiger partial charge in [0.15, 0.2) is 0 Å². The molecule has 50 valence electrons. The van der Waals surface area contributed by atoms with E-state index in [1.54, 1.807) is 0 Å². The van der Waals surface area contributed by atoms with Crippen LogP contribution in [0.3, 0.4) is 0 Å². The lowest BCUT2D eigenvalue weighted by molar-refractivity contribution is 0.497. The van der Waals surface area contributed by atoms with Gasteiger partial charge in [0.25, 0.3) is 4.21 Å². The summed E-state index contributed by atoms with van der Waals surface area (Å²) in [6.45, 7) is -1.75. The van der Waals surface area contributed by atoms with Gasteiger partial charge in [-0.25, -0.2) is 4.39 Å². The molecule has 0 unspecified atom stereocenters. The van der Waals surface area contributed by atoms with Crippen molar-refractivity contribution in [3.63, 3.8) is 0 Å². The summed E-state index contributed by atoms with van der Waals surface area (Å²) < 4.78 is 9.78. The van der Waals surface area contributed by atoms with Crippen LogP contribution >= 0.6 is 45.4 Å². The van der Waals surface area contributed by atoms with E-state index in [4.69, 9.17) is 45.4 Å². The third kappa shape index (κ3) is 2.74. The minimum atomic E-state index is -3.05. The van der Waals surface area contributed by atoms with Crippen LogP contribution in [-0.4, -0.2) is 10.9 Å². The van der Waals surface area contributed by atoms with E-state index in [1.165, 1.54) is 6.55 Å². The van der Waals surface area contributed by atoms with E-state index in [0.717, 1.165) is 0 Å². The van der Waals surface area contributed by atoms with E-state index >= 15 is 0 Å². The minimum absolute atomic E-state index is 1.30. The van der Waals surface area contributed by atoms with Crippen molar-refractivity contribution in [2.45, 2.75) is 10.8 Å². The van der Waals surface area contributed by atoms with Gasteiger partial charge in [0.2, 0.25) is 0 Å². The van der Waals surface area contributed by atoms with Crippen LogP contribution in [-0.2, 0) is 0 Å². The average molecular weight is 216 g/mol. The number of hydrogen-bond donors (Lipinski definition) is 0. The summed E-state index contributed by atoms with van der Waals surface area (Å²) in [4.78, 5) is 0. The molecule has 8 heavy (non-hydrogen) atoms. The van der Waals surface area contributed by atoms with Gasteiger partial charge in [0.1, 0.15) is 0 Å². The summed E-state index contributed by atoms with van der Waals surface area (Å²) in [5.74, 6) is 0. The maximum absolute atomic E-state index is 12.2. The molecule has 0 aliphatic carbocycles. The van der Waals surface area contributed by atoms with Crippen LogP contribution in [0.1, 0.15) is 0 Å². The number of halogens is 5. The summed E-state index contributed by atoms with van der Waals surface area (Å²) >= 11 is 20.4. The minimum Gasteiger partial charge on any atom is -0.210 e. The maximum Gasteiger partial charge on any atom is 0.322 e. The third-order valence-electron chi connectivity index (χ3n) is 0.498. The zero-order valence-corrected chi connectivity index (χ0v) is 7.91. The van der Waals surface area contributed by atoms with E-state index < -0.39 is 10.9 Å². The molecule has 0 atom stereocenters. The van der Waals surface area contributed by atoms with E-state index in [1.807, 2.05) is 0 Å². The van der Waals surface area contributed by atoms with E-state index in [0.29, 0.717) is 0 Å². The molecule has 0 bridgehead atoms. The van der Waals surface area contributed by atoms with Crippen molar-refractivity contribution in [3.05, 3.63) is 0 Å². The van der Waals surface area contributed by atoms with Gasteiger partial charge in [-0.05, 0) is 6.55 Å². The molecule has 0 rings (SSSR count). The third-order valence-corrected chi connectivity index (χ3v) is 6.48. The first-order chi connectivity index (χ1) is 3.25. The van der Waals surface area contributed by atoms with Gasteiger partial charge >= 0.3 is 6.69 Å². The molecule has 0 saturated heterocycles. The first-order valence-corrected chi connectivity index (χ1v) is 6.97. The molecule has 0 nitrogen and oxygen atoms in total. The lowest BCUT2D eigenvalue weighted by Gasteiger charge is -2.16. The molecule has 0 aliphatic rings. The summed E-state index contributed by atoms with van der Waals surface area (Å²) in [7, 11) is 0. The van der Waals surface area contributed by atoms with E-state index in [9.17, 15) is 4.39 Å². The fourth-order valence-electron chi connectivity index (χ4n) is 0. The highest BCUT2D eigenvalue weighted by atomic mass is 35.7. The zero-order chi connectivity index (χ0) is 7.00. The number of rotatable bonds is 1. The Labute approximate surface area is 67.3 Å². The highest BCUT2D eigenvalue weighted by Crippen LogP contribution is 2.39. The van der Waals surface area contributed by atoms with Gasteiger partial charge in [0.05, 0.1) is 0 Å². The van der Waals surface area contributed by atoms with Crippen molar-refractivity contribution in [2.75, 3.05) is 0 Å². The normalized spacial score (nSPS) is 14.2. The first-order valence-electron chi connectivity index (χ1n) is 1.69. The second-order valence-electron chi connectivity index (χ2n) is 1.39. The lowest BCUT2D eigenvalue weighted by atomic mass is 11.7. The topological polar surface area (TPSA) is 0 Å². The van der Waals surface area contributed by atoms with Gasteiger partial charge in [-0.2, -0.15) is 0 Å². The molecule has 0 aromatic carbocycles. The average Bonchev–Trinajstić information content (AvgIpc) is 1.25. The Kier molecular flexibility index (Phi) is 2.91. The second kappa shape index (κ2) is 2.50. The second-order valence-corrected chi connectivity index (χ2v) is 10.8. The lowest BCUT2D eigenvalue weighted by Crippen LogP contribution is -2.34. The van der Waals surface area contributed by atoms with Crippen LogP contribution in [0.25, 0.3) is 0 Å². The van der Waals surface area contributed by atoms with Gasteiger partial charge in [-0.1, -0.05) is 23.2 Å². The predicted molar refractivity (Wildman–Crippen MR) is 38.9 cm³/mol. The van der Waals surface area contributed by atoms with Crippen molar-refractivity contribution in [3.8, 4) is 0 Å². The molecular weight excluding hydrogens is 213 g/mol. The highest BCUT2D eigenvalue weighted by molar-refractivity contribution is 7.49. The Bertz CT molecular complexity index is 69.0. The molecule has 0 saturated carbocycles. The predicted octanol–water partition coefficient (Wildman–Crippen LogP) is 3.18.